The molecule has 0 atom stereocenters. The molecule has 1 aromatic heterocycles. The molecule has 5 heteroatoms. The van der Waals surface area contributed by atoms with Crippen molar-refractivity contribution >= 4 is 0 Å². The fourth-order valence-electron chi connectivity index (χ4n) is 0.802. The third-order valence-corrected chi connectivity index (χ3v) is 1.31. The number of halogens is 4. The molecule has 0 saturated heterocycles. The first kappa shape index (κ1) is 8.96. The van der Waals surface area contributed by atoms with Gasteiger partial charge in [-0.15, -0.1) is 0 Å². The van der Waals surface area contributed by atoms with Crippen molar-refractivity contribution in [2.24, 2.45) is 0 Å². The van der Waals surface area contributed by atoms with Crippen molar-refractivity contribution in [3.05, 3.63) is 29.1 Å². The van der Waals surface area contributed by atoms with Crippen LogP contribution in [0.4, 0.5) is 17.6 Å². The Balaban J connectivity index is 3.28. The van der Waals surface area contributed by atoms with Crippen molar-refractivity contribution in [3.63, 3.8) is 0 Å². The summed E-state index contributed by atoms with van der Waals surface area (Å²) in [5, 5.41) is 0. The number of hydrogen-bond acceptors (Lipinski definition) is 1. The van der Waals surface area contributed by atoms with Gasteiger partial charge in [0.05, 0.1) is 5.56 Å². The van der Waals surface area contributed by atoms with E-state index >= 15 is 0 Å². The minimum absolute atomic E-state index is 0.0317. The molecule has 0 unspecified atom stereocenters. The van der Waals surface area contributed by atoms with E-state index in [0.29, 0.717) is 0 Å². The molecular weight excluding hydrogens is 174 g/mol. The summed E-state index contributed by atoms with van der Waals surface area (Å²) < 4.78 is 48.8. The van der Waals surface area contributed by atoms with Gasteiger partial charge in [-0.05, 0) is 13.0 Å². The number of aromatic nitrogens is 1. The van der Waals surface area contributed by atoms with E-state index in [1.54, 1.807) is 0 Å². The van der Waals surface area contributed by atoms with Crippen LogP contribution in [0.25, 0.3) is 0 Å². The lowest BCUT2D eigenvalue weighted by molar-refractivity contribution is 0.144. The van der Waals surface area contributed by atoms with Crippen LogP contribution in [0, 0.1) is 18.7 Å². The van der Waals surface area contributed by atoms with Crippen molar-refractivity contribution in [1.82, 2.24) is 4.98 Å². The van der Waals surface area contributed by atoms with Crippen LogP contribution in [0.15, 0.2) is 6.07 Å². The number of nitrogens with zero attached hydrogens (tertiary/aromatic N) is 1. The van der Waals surface area contributed by atoms with E-state index in [-0.39, 0.29) is 5.69 Å². The molecule has 66 valence electrons. The first-order valence-electron chi connectivity index (χ1n) is 3.13. The van der Waals surface area contributed by atoms with Crippen molar-refractivity contribution < 1.29 is 17.6 Å². The van der Waals surface area contributed by atoms with Gasteiger partial charge in [-0.1, -0.05) is 0 Å². The van der Waals surface area contributed by atoms with Gasteiger partial charge in [0, 0.05) is 5.69 Å². The quantitative estimate of drug-likeness (QED) is 0.477. The molecule has 1 heterocycles. The maximum atomic E-state index is 12.5. The molecule has 0 fully saturated rings. The third-order valence-electron chi connectivity index (χ3n) is 1.31. The molecule has 0 radical (unpaired) electrons. The van der Waals surface area contributed by atoms with Crippen LogP contribution >= 0.6 is 0 Å². The van der Waals surface area contributed by atoms with Crippen molar-refractivity contribution in [2.45, 2.75) is 13.3 Å². The predicted molar refractivity (Wildman–Crippen MR) is 33.8 cm³/mol. The molecule has 0 aliphatic carbocycles. The Morgan fingerprint density at radius 3 is 2.42 bits per heavy atom. The molecular formula is C7H5F4N. The number of aryl methyl sites for hydroxylation is 1. The van der Waals surface area contributed by atoms with Crippen molar-refractivity contribution in [3.8, 4) is 0 Å². The summed E-state index contributed by atoms with van der Waals surface area (Å²) in [5.41, 5.74) is -0.913. The second-order valence-electron chi connectivity index (χ2n) is 2.26. The lowest BCUT2D eigenvalue weighted by Gasteiger charge is -2.02. The Morgan fingerprint density at radius 1 is 1.33 bits per heavy atom. The molecule has 0 spiro atoms. The predicted octanol–water partition coefficient (Wildman–Crippen LogP) is 2.61. The largest absolute Gasteiger partial charge is 0.266 e. The summed E-state index contributed by atoms with van der Waals surface area (Å²) in [4.78, 5) is 3.04. The van der Waals surface area contributed by atoms with Crippen LogP contribution in [-0.4, -0.2) is 4.98 Å². The number of rotatable bonds is 1. The van der Waals surface area contributed by atoms with Gasteiger partial charge in [-0.25, -0.2) is 18.2 Å². The normalized spacial score (nSPS) is 10.8. The highest BCUT2D eigenvalue weighted by Crippen LogP contribution is 2.23. The number of pyridine rings is 1. The van der Waals surface area contributed by atoms with Crippen LogP contribution in [0.3, 0.4) is 0 Å². The van der Waals surface area contributed by atoms with Gasteiger partial charge in [0.15, 0.2) is 5.82 Å². The van der Waals surface area contributed by atoms with Gasteiger partial charge in [0.25, 0.3) is 6.43 Å². The minimum atomic E-state index is -3.01. The SMILES string of the molecule is Cc1cc(C(F)F)c(F)c(F)n1. The molecule has 0 N–H and O–H groups in total. The Bertz CT molecular complexity index is 298. The van der Waals surface area contributed by atoms with Gasteiger partial charge >= 0.3 is 0 Å². The van der Waals surface area contributed by atoms with E-state index < -0.39 is 23.8 Å². The molecule has 1 rings (SSSR count). The molecule has 0 aliphatic rings. The number of hydrogen-bond donors (Lipinski definition) is 0. The molecule has 1 aromatic rings. The average molecular weight is 179 g/mol. The lowest BCUT2D eigenvalue weighted by atomic mass is 10.2. The van der Waals surface area contributed by atoms with Crippen LogP contribution in [0.1, 0.15) is 17.7 Å². The van der Waals surface area contributed by atoms with E-state index in [0.717, 1.165) is 6.07 Å². The fraction of sp³-hybridized carbons (Fsp3) is 0.286. The zero-order valence-corrected chi connectivity index (χ0v) is 6.11. The fourth-order valence-corrected chi connectivity index (χ4v) is 0.802. The summed E-state index contributed by atoms with van der Waals surface area (Å²) in [6, 6.07) is 0.822. The van der Waals surface area contributed by atoms with E-state index in [4.69, 9.17) is 0 Å². The smallest absolute Gasteiger partial charge is 0.223 e. The maximum Gasteiger partial charge on any atom is 0.266 e. The first-order valence-corrected chi connectivity index (χ1v) is 3.13. The Labute approximate surface area is 66.0 Å². The Hall–Kier alpha value is -1.13. The highest BCUT2D eigenvalue weighted by molar-refractivity contribution is 5.19. The minimum Gasteiger partial charge on any atom is -0.223 e. The van der Waals surface area contributed by atoms with Crippen LogP contribution in [0.2, 0.25) is 0 Å². The number of alkyl halides is 2. The standard InChI is InChI=1S/C7H5F4N/c1-3-2-4(6(9)10)5(8)7(11)12-3/h2,6H,1H3. The summed E-state index contributed by atoms with van der Waals surface area (Å²) in [6.45, 7) is 1.31. The van der Waals surface area contributed by atoms with Crippen LogP contribution < -0.4 is 0 Å². The van der Waals surface area contributed by atoms with Crippen molar-refractivity contribution in [2.75, 3.05) is 0 Å². The Morgan fingerprint density at radius 2 is 1.92 bits per heavy atom. The summed E-state index contributed by atoms with van der Waals surface area (Å²) in [6.07, 6.45) is -3.01. The zero-order valence-electron chi connectivity index (χ0n) is 6.11. The molecule has 0 amide bonds. The lowest BCUT2D eigenvalue weighted by Crippen LogP contribution is -1.99. The van der Waals surface area contributed by atoms with Crippen LogP contribution in [-0.2, 0) is 0 Å². The van der Waals surface area contributed by atoms with E-state index in [2.05, 4.69) is 4.98 Å². The summed E-state index contributed by atoms with van der Waals surface area (Å²) in [7, 11) is 0. The first-order chi connectivity index (χ1) is 5.52. The second-order valence-corrected chi connectivity index (χ2v) is 2.26. The Kier molecular flexibility index (Phi) is 2.30. The molecule has 1 nitrogen and oxygen atoms in total. The van der Waals surface area contributed by atoms with Gasteiger partial charge < -0.3 is 0 Å². The molecule has 0 bridgehead atoms. The molecule has 0 aliphatic heterocycles. The van der Waals surface area contributed by atoms with Gasteiger partial charge in [-0.2, -0.15) is 4.39 Å². The average Bonchev–Trinajstić information content (AvgIpc) is 1.96. The molecule has 12 heavy (non-hydrogen) atoms. The third kappa shape index (κ3) is 1.54. The van der Waals surface area contributed by atoms with Gasteiger partial charge in [0.1, 0.15) is 0 Å². The highest BCUT2D eigenvalue weighted by atomic mass is 19.3. The summed E-state index contributed by atoms with van der Waals surface area (Å²) >= 11 is 0. The zero-order chi connectivity index (χ0) is 9.30. The topological polar surface area (TPSA) is 12.9 Å². The van der Waals surface area contributed by atoms with Crippen LogP contribution in [0.5, 0.6) is 0 Å². The highest BCUT2D eigenvalue weighted by Gasteiger charge is 2.18. The monoisotopic (exact) mass is 179 g/mol. The van der Waals surface area contributed by atoms with E-state index in [1.165, 1.54) is 6.92 Å². The molecule has 0 aromatic carbocycles. The van der Waals surface area contributed by atoms with E-state index in [1.807, 2.05) is 0 Å². The van der Waals surface area contributed by atoms with Crippen molar-refractivity contribution in [1.29, 1.82) is 0 Å². The summed E-state index contributed by atoms with van der Waals surface area (Å²) in [5.74, 6) is -3.05. The van der Waals surface area contributed by atoms with Gasteiger partial charge in [-0.3, -0.25) is 0 Å². The van der Waals surface area contributed by atoms with E-state index in [9.17, 15) is 17.6 Å². The van der Waals surface area contributed by atoms with Gasteiger partial charge in [0.2, 0.25) is 5.95 Å². The molecule has 0 saturated carbocycles. The second kappa shape index (κ2) is 3.08. The maximum absolute atomic E-state index is 12.5.